The standard InChI is InChI=1S/3C12H10.2C5H11NO.C3H9N.2C3H6O.C2H4O2/c3*1-3-7-11(8-4-1)12-9-5-2-6-10-12;2*1-4-6(3)5(2)7;1-3-4-2;2*1-3(2)4;1-2(3)4/h3*1-10H;2*4H2,1-3H3;4H,3H2,1-2H3;2*1-2H3;1H3,(H,3,4). The third-order valence-corrected chi connectivity index (χ3v) is 8.02. The number of benzene rings is 6. The Morgan fingerprint density at radius 2 is 0.500 bits per heavy atom. The summed E-state index contributed by atoms with van der Waals surface area (Å²) in [6.45, 7) is 18.9. The molecular formula is C57H77N3O6. The first-order valence-corrected chi connectivity index (χ1v) is 21.9. The molecule has 0 fully saturated rings. The Labute approximate surface area is 397 Å². The van der Waals surface area contributed by atoms with Crippen molar-refractivity contribution in [2.24, 2.45) is 0 Å². The zero-order valence-electron chi connectivity index (χ0n) is 41.8. The van der Waals surface area contributed by atoms with Crippen LogP contribution in [0.4, 0.5) is 0 Å². The number of carboxylic acid groups (broad SMARTS) is 1. The summed E-state index contributed by atoms with van der Waals surface area (Å²) < 4.78 is 0. The third kappa shape index (κ3) is 41.1. The monoisotopic (exact) mass is 900 g/mol. The van der Waals surface area contributed by atoms with E-state index in [1.165, 1.54) is 61.1 Å². The van der Waals surface area contributed by atoms with E-state index in [9.17, 15) is 19.2 Å². The zero-order chi connectivity index (χ0) is 50.5. The largest absolute Gasteiger partial charge is 0.481 e. The van der Waals surface area contributed by atoms with E-state index < -0.39 is 5.97 Å². The minimum absolute atomic E-state index is 0.127. The Morgan fingerprint density at radius 1 is 0.379 bits per heavy atom. The molecule has 9 nitrogen and oxygen atoms in total. The van der Waals surface area contributed by atoms with Gasteiger partial charge in [-0.2, -0.15) is 0 Å². The van der Waals surface area contributed by atoms with Gasteiger partial charge in [0.2, 0.25) is 11.8 Å². The molecule has 2 amide bonds. The molecule has 0 saturated carbocycles. The highest BCUT2D eigenvalue weighted by atomic mass is 16.4. The molecule has 0 aliphatic rings. The average molecular weight is 900 g/mol. The van der Waals surface area contributed by atoms with Gasteiger partial charge in [-0.3, -0.25) is 14.4 Å². The fourth-order valence-electron chi connectivity index (χ4n) is 4.23. The van der Waals surface area contributed by atoms with Crippen LogP contribution in [-0.2, 0) is 24.0 Å². The van der Waals surface area contributed by atoms with Crippen LogP contribution < -0.4 is 5.32 Å². The number of hydrogen-bond donors (Lipinski definition) is 2. The lowest BCUT2D eigenvalue weighted by Gasteiger charge is -2.09. The van der Waals surface area contributed by atoms with Crippen molar-refractivity contribution in [1.82, 2.24) is 15.1 Å². The summed E-state index contributed by atoms with van der Waals surface area (Å²) in [5, 5.41) is 10.3. The van der Waals surface area contributed by atoms with Crippen molar-refractivity contribution in [2.75, 3.05) is 40.8 Å². The second-order valence-electron chi connectivity index (χ2n) is 14.3. The smallest absolute Gasteiger partial charge is 0.300 e. The summed E-state index contributed by atoms with van der Waals surface area (Å²) in [4.78, 5) is 51.8. The van der Waals surface area contributed by atoms with Crippen molar-refractivity contribution in [2.45, 2.75) is 69.2 Å². The van der Waals surface area contributed by atoms with Crippen molar-refractivity contribution in [3.05, 3.63) is 182 Å². The molecule has 0 atom stereocenters. The lowest BCUT2D eigenvalue weighted by atomic mass is 10.1. The summed E-state index contributed by atoms with van der Waals surface area (Å²) in [6, 6.07) is 62.3. The lowest BCUT2D eigenvalue weighted by Crippen LogP contribution is -2.22. The maximum absolute atomic E-state index is 10.3. The molecule has 0 spiro atoms. The molecule has 66 heavy (non-hydrogen) atoms. The van der Waals surface area contributed by atoms with Crippen LogP contribution in [0.1, 0.15) is 69.2 Å². The van der Waals surface area contributed by atoms with Gasteiger partial charge in [0.25, 0.3) is 5.97 Å². The zero-order valence-corrected chi connectivity index (χ0v) is 41.8. The van der Waals surface area contributed by atoms with Crippen molar-refractivity contribution < 1.29 is 29.1 Å². The molecule has 0 bridgehead atoms. The first-order chi connectivity index (χ1) is 31.4. The summed E-state index contributed by atoms with van der Waals surface area (Å²) in [6.07, 6.45) is 0. The van der Waals surface area contributed by atoms with Crippen molar-refractivity contribution in [1.29, 1.82) is 0 Å². The molecule has 6 aromatic carbocycles. The number of aliphatic carboxylic acids is 1. The van der Waals surface area contributed by atoms with Crippen LogP contribution in [0.25, 0.3) is 33.4 Å². The fraction of sp³-hybridized carbons (Fsp3) is 0.281. The topological polar surface area (TPSA) is 124 Å². The van der Waals surface area contributed by atoms with E-state index in [1.54, 1.807) is 37.7 Å². The molecule has 9 heteroatoms. The fourth-order valence-corrected chi connectivity index (χ4v) is 4.23. The van der Waals surface area contributed by atoms with Crippen LogP contribution in [0.2, 0.25) is 0 Å². The van der Waals surface area contributed by atoms with Crippen LogP contribution >= 0.6 is 0 Å². The molecule has 356 valence electrons. The van der Waals surface area contributed by atoms with E-state index in [0.717, 1.165) is 26.6 Å². The van der Waals surface area contributed by atoms with Crippen molar-refractivity contribution >= 4 is 29.4 Å². The molecule has 0 aliphatic heterocycles. The number of nitrogens with one attached hydrogen (secondary N) is 1. The molecule has 0 heterocycles. The maximum atomic E-state index is 10.3. The molecule has 0 saturated heterocycles. The van der Waals surface area contributed by atoms with Crippen molar-refractivity contribution in [3.8, 4) is 33.4 Å². The Balaban J connectivity index is -0.000000705. The molecular weight excluding hydrogens is 823 g/mol. The number of rotatable bonds is 6. The number of Topliss-reactive ketones (excluding diaryl/α,β-unsaturated/α-hetero) is 2. The Hall–Kier alpha value is -6.97. The predicted molar refractivity (Wildman–Crippen MR) is 279 cm³/mol. The number of hydrogen-bond acceptors (Lipinski definition) is 6. The van der Waals surface area contributed by atoms with Gasteiger partial charge in [-0.15, -0.1) is 0 Å². The highest BCUT2D eigenvalue weighted by Gasteiger charge is 1.96. The van der Waals surface area contributed by atoms with Crippen LogP contribution in [0.15, 0.2) is 182 Å². The maximum Gasteiger partial charge on any atom is 0.300 e. The van der Waals surface area contributed by atoms with Crippen LogP contribution in [0.3, 0.4) is 0 Å². The predicted octanol–water partition coefficient (Wildman–Crippen LogP) is 12.5. The van der Waals surface area contributed by atoms with Gasteiger partial charge in [0.1, 0.15) is 11.6 Å². The number of ketones is 2. The van der Waals surface area contributed by atoms with E-state index in [0.29, 0.717) is 0 Å². The Morgan fingerprint density at radius 3 is 0.561 bits per heavy atom. The van der Waals surface area contributed by atoms with Crippen LogP contribution in [0.5, 0.6) is 0 Å². The van der Waals surface area contributed by atoms with Gasteiger partial charge in [0.15, 0.2) is 0 Å². The highest BCUT2D eigenvalue weighted by molar-refractivity contribution is 5.73. The van der Waals surface area contributed by atoms with Crippen LogP contribution in [-0.4, -0.2) is 85.0 Å². The van der Waals surface area contributed by atoms with Gasteiger partial charge >= 0.3 is 0 Å². The van der Waals surface area contributed by atoms with E-state index in [1.807, 2.05) is 57.3 Å². The second kappa shape index (κ2) is 43.3. The molecule has 6 rings (SSSR count). The Bertz CT molecular complexity index is 1710. The number of carboxylic acids is 1. The third-order valence-electron chi connectivity index (χ3n) is 8.02. The van der Waals surface area contributed by atoms with E-state index in [-0.39, 0.29) is 23.4 Å². The van der Waals surface area contributed by atoms with E-state index in [2.05, 4.69) is 158 Å². The molecule has 0 aliphatic carbocycles. The van der Waals surface area contributed by atoms with Crippen LogP contribution in [0, 0.1) is 0 Å². The highest BCUT2D eigenvalue weighted by Crippen LogP contribution is 2.19. The number of carbonyl (C=O) groups excluding carboxylic acids is 4. The average Bonchev–Trinajstić information content (AvgIpc) is 3.33. The minimum Gasteiger partial charge on any atom is -0.481 e. The summed E-state index contributed by atoms with van der Waals surface area (Å²) in [5.74, 6) is -0.245. The molecule has 0 aromatic heterocycles. The van der Waals surface area contributed by atoms with E-state index >= 15 is 0 Å². The van der Waals surface area contributed by atoms with Gasteiger partial charge in [-0.05, 0) is 88.5 Å². The molecule has 0 unspecified atom stereocenters. The number of amides is 2. The summed E-state index contributed by atoms with van der Waals surface area (Å²) in [5.41, 5.74) is 7.66. The molecule has 6 aromatic rings. The second-order valence-corrected chi connectivity index (χ2v) is 14.3. The quantitative estimate of drug-likeness (QED) is 0.171. The summed E-state index contributed by atoms with van der Waals surface area (Å²) >= 11 is 0. The van der Waals surface area contributed by atoms with E-state index in [4.69, 9.17) is 9.90 Å². The number of nitrogens with zero attached hydrogens (tertiary/aromatic N) is 2. The lowest BCUT2D eigenvalue weighted by molar-refractivity contribution is -0.134. The van der Waals surface area contributed by atoms with Gasteiger partial charge in [0, 0.05) is 48.0 Å². The minimum atomic E-state index is -0.833. The molecule has 2 N–H and O–H groups in total. The van der Waals surface area contributed by atoms with Gasteiger partial charge in [-0.1, -0.05) is 189 Å². The summed E-state index contributed by atoms with van der Waals surface area (Å²) in [7, 11) is 5.49. The first-order valence-electron chi connectivity index (χ1n) is 21.9. The SMILES string of the molecule is CC(=O)O.CC(C)=O.CC(C)=O.CCN(C)C(C)=O.CCN(C)C(C)=O.CCNC.c1ccc(-c2ccccc2)cc1.c1ccc(-c2ccccc2)cc1.c1ccc(-c2ccccc2)cc1. The number of carbonyl (C=O) groups is 5. The van der Waals surface area contributed by atoms with Gasteiger partial charge < -0.3 is 29.8 Å². The normalized spacial score (nSPS) is 8.68. The molecule has 0 radical (unpaired) electrons. The van der Waals surface area contributed by atoms with Gasteiger partial charge in [-0.25, -0.2) is 0 Å². The van der Waals surface area contributed by atoms with Gasteiger partial charge in [0.05, 0.1) is 0 Å². The Kier molecular flexibility index (Phi) is 41.5. The first kappa shape index (κ1) is 63.3. The van der Waals surface area contributed by atoms with Crippen molar-refractivity contribution in [3.63, 3.8) is 0 Å².